The van der Waals surface area contributed by atoms with E-state index in [4.69, 9.17) is 92.8 Å². The predicted molar refractivity (Wildman–Crippen MR) is 232 cm³/mol. The smallest absolute Gasteiger partial charge is 0.164 e. The van der Waals surface area contributed by atoms with Crippen molar-refractivity contribution in [3.63, 3.8) is 0 Å². The molecule has 0 N–H and O–H groups in total. The number of aromatic nitrogens is 4. The lowest BCUT2D eigenvalue weighted by molar-refractivity contribution is 0.669. The molecule has 0 atom stereocenters. The zero-order valence-corrected chi connectivity index (χ0v) is 28.6. The third-order valence-corrected chi connectivity index (χ3v) is 10.0. The van der Waals surface area contributed by atoms with Gasteiger partial charge in [-0.25, -0.2) is 15.0 Å². The van der Waals surface area contributed by atoms with Crippen LogP contribution in [0.2, 0.25) is 0 Å². The van der Waals surface area contributed by atoms with Crippen LogP contribution in [0.25, 0.3) is 83.6 Å². The lowest BCUT2D eigenvalue weighted by Crippen LogP contribution is -2.55. The number of furan rings is 1. The maximum atomic E-state index is 6.51. The first kappa shape index (κ1) is 34.4. The Kier molecular flexibility index (Phi) is 8.00. The molecule has 0 spiro atoms. The molecule has 9 aromatic rings. The zero-order chi connectivity index (χ0) is 37.7. The van der Waals surface area contributed by atoms with E-state index in [1.807, 2.05) is 54.6 Å². The summed E-state index contributed by atoms with van der Waals surface area (Å²) in [6.45, 7) is 0. The van der Waals surface area contributed by atoms with Crippen molar-refractivity contribution in [1.29, 1.82) is 0 Å². The van der Waals surface area contributed by atoms with Gasteiger partial charge in [-0.15, -0.1) is 32.8 Å². The Balaban J connectivity index is 1.30. The average molecular weight is 663 g/mol. The summed E-state index contributed by atoms with van der Waals surface area (Å²) in [5.41, 5.74) is 5.43. The van der Waals surface area contributed by atoms with Gasteiger partial charge >= 0.3 is 0 Å². The Hall–Kier alpha value is -5.42. The molecular formula is C39H14B10N4O. The zero-order valence-electron chi connectivity index (χ0n) is 28.6. The number of benzene rings is 6. The highest BCUT2D eigenvalue weighted by Crippen LogP contribution is 2.39. The van der Waals surface area contributed by atoms with E-state index < -0.39 is 0 Å². The van der Waals surface area contributed by atoms with Crippen molar-refractivity contribution in [2.75, 3.05) is 0 Å². The lowest BCUT2D eigenvalue weighted by Gasteiger charge is -2.22. The Morgan fingerprint density at radius 3 is 1.39 bits per heavy atom. The molecular weight excluding hydrogens is 649 g/mol. The minimum absolute atomic E-state index is 0.00882. The van der Waals surface area contributed by atoms with Crippen LogP contribution in [0, 0.1) is 0 Å². The van der Waals surface area contributed by atoms with Gasteiger partial charge in [-0.1, -0.05) is 70.4 Å². The summed E-state index contributed by atoms with van der Waals surface area (Å²) in [6, 6.07) is 28.4. The summed E-state index contributed by atoms with van der Waals surface area (Å²) in [4.78, 5) is 14.3. The molecule has 54 heavy (non-hydrogen) atoms. The van der Waals surface area contributed by atoms with Crippen molar-refractivity contribution in [3.05, 3.63) is 84.9 Å². The molecule has 0 fully saturated rings. The van der Waals surface area contributed by atoms with E-state index in [0.29, 0.717) is 16.7 Å². The summed E-state index contributed by atoms with van der Waals surface area (Å²) in [5, 5.41) is 4.11. The Morgan fingerprint density at radius 2 is 0.870 bits per heavy atom. The minimum Gasteiger partial charge on any atom is -0.456 e. The van der Waals surface area contributed by atoms with E-state index in [9.17, 15) is 0 Å². The van der Waals surface area contributed by atoms with Crippen molar-refractivity contribution in [2.45, 2.75) is 0 Å². The number of hydrogen-bond donors (Lipinski definition) is 0. The van der Waals surface area contributed by atoms with Crippen LogP contribution in [0.15, 0.2) is 89.3 Å². The van der Waals surface area contributed by atoms with Crippen molar-refractivity contribution in [3.8, 4) is 39.9 Å². The average Bonchev–Trinajstić information content (AvgIpc) is 3.73. The molecule has 0 unspecified atom stereocenters. The Labute approximate surface area is 324 Å². The molecule has 15 heteroatoms. The highest BCUT2D eigenvalue weighted by Gasteiger charge is 2.22. The molecule has 0 amide bonds. The number of fused-ring (bicyclic) bond motifs is 6. The van der Waals surface area contributed by atoms with E-state index in [1.54, 1.807) is 0 Å². The van der Waals surface area contributed by atoms with Gasteiger partial charge in [0.1, 0.15) is 89.6 Å². The van der Waals surface area contributed by atoms with E-state index >= 15 is 0 Å². The second kappa shape index (κ2) is 12.6. The van der Waals surface area contributed by atoms with Gasteiger partial charge in [-0.3, -0.25) is 0 Å². The molecule has 0 aliphatic carbocycles. The summed E-state index contributed by atoms with van der Waals surface area (Å²) < 4.78 is 8.78. The molecule has 6 aromatic carbocycles. The van der Waals surface area contributed by atoms with Crippen LogP contribution in [0.1, 0.15) is 0 Å². The third-order valence-electron chi connectivity index (χ3n) is 10.0. The van der Waals surface area contributed by atoms with Crippen LogP contribution >= 0.6 is 0 Å². The fraction of sp³-hybridized carbons (Fsp3) is 0. The second-order valence-electron chi connectivity index (χ2n) is 13.0. The first-order valence-electron chi connectivity index (χ1n) is 16.7. The number of hydrogen-bond acceptors (Lipinski definition) is 4. The van der Waals surface area contributed by atoms with Crippen LogP contribution in [0.5, 0.6) is 0 Å². The van der Waals surface area contributed by atoms with E-state index in [0.717, 1.165) is 38.3 Å². The van der Waals surface area contributed by atoms with Gasteiger partial charge in [0, 0.05) is 32.8 Å². The summed E-state index contributed by atoms with van der Waals surface area (Å²) in [6.07, 6.45) is 0. The third kappa shape index (κ3) is 4.97. The quantitative estimate of drug-likeness (QED) is 0.201. The lowest BCUT2D eigenvalue weighted by atomic mass is 9.60. The maximum Gasteiger partial charge on any atom is 0.164 e. The van der Waals surface area contributed by atoms with Gasteiger partial charge in [0.05, 0.1) is 22.1 Å². The molecule has 226 valence electrons. The predicted octanol–water partition coefficient (Wildman–Crippen LogP) is -2.19. The summed E-state index contributed by atoms with van der Waals surface area (Å²) in [5.74, 6) is 0.199. The van der Waals surface area contributed by atoms with Crippen LogP contribution < -0.4 is 54.6 Å². The van der Waals surface area contributed by atoms with Gasteiger partial charge in [-0.05, 0) is 36.4 Å². The topological polar surface area (TPSA) is 56.7 Å². The fourth-order valence-corrected chi connectivity index (χ4v) is 7.22. The summed E-state index contributed by atoms with van der Waals surface area (Å²) >= 11 is 0. The highest BCUT2D eigenvalue weighted by molar-refractivity contribution is 6.69. The van der Waals surface area contributed by atoms with Crippen LogP contribution in [-0.4, -0.2) is 98.0 Å². The minimum atomic E-state index is 0.00882. The molecule has 0 bridgehead atoms. The molecule has 0 aliphatic rings. The first-order chi connectivity index (χ1) is 26.0. The van der Waals surface area contributed by atoms with E-state index in [1.165, 1.54) is 0 Å². The monoisotopic (exact) mass is 664 g/mol. The largest absolute Gasteiger partial charge is 0.456 e. The SMILES string of the molecule is [B]c1c([B])c([B])c(-c2nc(-c3ccc4c(c3)oc3cccc(-n5c6ccccc6c6ccccc65)c34)nc(-c3c([B])c([B])c([B])c([B])c3[B])n2)c([B])c1[B]. The molecule has 20 radical (unpaired) electrons. The molecule has 0 saturated carbocycles. The highest BCUT2D eigenvalue weighted by atomic mass is 16.3. The van der Waals surface area contributed by atoms with Crippen molar-refractivity contribution in [2.24, 2.45) is 0 Å². The van der Waals surface area contributed by atoms with Gasteiger partial charge in [0.2, 0.25) is 0 Å². The molecule has 0 saturated heterocycles. The van der Waals surface area contributed by atoms with Crippen LogP contribution in [-0.2, 0) is 0 Å². The fourth-order valence-electron chi connectivity index (χ4n) is 7.22. The molecule has 5 nitrogen and oxygen atoms in total. The number of rotatable bonds is 4. The van der Waals surface area contributed by atoms with Crippen LogP contribution in [0.3, 0.4) is 0 Å². The standard InChI is InChI=1S/C39H14B10N4O/c40-27-25(28(41)32(45)35(48)31(27)44)38-50-37(51-39(52-38)26-29(42)33(46)36(49)34(47)30(26)43)15-12-13-18-23(14-15)54-22-11-5-10-21(24(18)22)53-19-8-3-1-6-16(19)17-7-2-4-9-20(17)53/h1-14H. The summed E-state index contributed by atoms with van der Waals surface area (Å²) in [7, 11) is 63.0. The van der Waals surface area contributed by atoms with E-state index in [2.05, 4.69) is 39.9 Å². The molecule has 0 aliphatic heterocycles. The Morgan fingerprint density at radius 1 is 0.407 bits per heavy atom. The molecule has 3 aromatic heterocycles. The van der Waals surface area contributed by atoms with E-state index in [-0.39, 0.29) is 83.2 Å². The van der Waals surface area contributed by atoms with Gasteiger partial charge in [0.25, 0.3) is 0 Å². The maximum absolute atomic E-state index is 6.51. The van der Waals surface area contributed by atoms with Gasteiger partial charge < -0.3 is 8.98 Å². The normalized spacial score (nSPS) is 11.7. The van der Waals surface area contributed by atoms with Crippen LogP contribution in [0.4, 0.5) is 0 Å². The second-order valence-corrected chi connectivity index (χ2v) is 13.0. The van der Waals surface area contributed by atoms with Gasteiger partial charge in [-0.2, -0.15) is 0 Å². The Bertz CT molecular complexity index is 2880. The number of para-hydroxylation sites is 2. The molecule has 3 heterocycles. The first-order valence-corrected chi connectivity index (χ1v) is 16.7. The molecule has 9 rings (SSSR count). The van der Waals surface area contributed by atoms with Crippen molar-refractivity contribution >= 4 is 177 Å². The van der Waals surface area contributed by atoms with Crippen molar-refractivity contribution < 1.29 is 4.42 Å². The number of nitrogens with zero attached hydrogens (tertiary/aromatic N) is 4. The van der Waals surface area contributed by atoms with Crippen molar-refractivity contribution in [1.82, 2.24) is 19.5 Å². The van der Waals surface area contributed by atoms with Gasteiger partial charge in [0.15, 0.2) is 17.5 Å².